The van der Waals surface area contributed by atoms with Gasteiger partial charge < -0.3 is 10.1 Å². The van der Waals surface area contributed by atoms with Crippen LogP contribution in [-0.4, -0.2) is 46.4 Å². The van der Waals surface area contributed by atoms with Crippen molar-refractivity contribution in [1.82, 2.24) is 20.0 Å². The fraction of sp³-hybridized carbons (Fsp3) is 0.474. The number of morpholine rings is 1. The zero-order valence-electron chi connectivity index (χ0n) is 15.1. The molecule has 2 heterocycles. The van der Waals surface area contributed by atoms with Gasteiger partial charge in [-0.25, -0.2) is 0 Å². The van der Waals surface area contributed by atoms with E-state index in [2.05, 4.69) is 27.4 Å². The van der Waals surface area contributed by atoms with Gasteiger partial charge in [0.25, 0.3) is 5.91 Å². The van der Waals surface area contributed by atoms with Crippen molar-refractivity contribution < 1.29 is 9.53 Å². The molecule has 6 heteroatoms. The van der Waals surface area contributed by atoms with Crippen LogP contribution in [0, 0.1) is 6.92 Å². The Kier molecular flexibility index (Phi) is 5.50. The number of benzene rings is 1. The molecule has 1 N–H and O–H groups in total. The van der Waals surface area contributed by atoms with E-state index in [1.807, 2.05) is 45.3 Å². The molecule has 25 heavy (non-hydrogen) atoms. The second-order valence-corrected chi connectivity index (χ2v) is 6.65. The third-order valence-corrected chi connectivity index (χ3v) is 4.57. The Morgan fingerprint density at radius 3 is 2.84 bits per heavy atom. The third kappa shape index (κ3) is 4.46. The van der Waals surface area contributed by atoms with Crippen molar-refractivity contribution >= 4 is 5.91 Å². The van der Waals surface area contributed by atoms with Gasteiger partial charge in [0.15, 0.2) is 0 Å². The summed E-state index contributed by atoms with van der Waals surface area (Å²) in [7, 11) is 1.89. The Labute approximate surface area is 148 Å². The van der Waals surface area contributed by atoms with Gasteiger partial charge in [0.2, 0.25) is 0 Å². The van der Waals surface area contributed by atoms with E-state index in [9.17, 15) is 4.79 Å². The largest absolute Gasteiger partial charge is 0.366 e. The predicted octanol–water partition coefficient (Wildman–Crippen LogP) is 1.81. The highest BCUT2D eigenvalue weighted by molar-refractivity contribution is 5.81. The van der Waals surface area contributed by atoms with Crippen LogP contribution in [0.5, 0.6) is 0 Å². The van der Waals surface area contributed by atoms with Crippen LogP contribution in [0.2, 0.25) is 0 Å². The first-order valence-corrected chi connectivity index (χ1v) is 8.71. The van der Waals surface area contributed by atoms with Crippen LogP contribution in [0.4, 0.5) is 0 Å². The first kappa shape index (κ1) is 17.6. The lowest BCUT2D eigenvalue weighted by molar-refractivity contribution is -0.139. The lowest BCUT2D eigenvalue weighted by Gasteiger charge is -2.32. The molecule has 1 aromatic heterocycles. The van der Waals surface area contributed by atoms with Crippen LogP contribution in [0.3, 0.4) is 0 Å². The molecule has 0 bridgehead atoms. The maximum absolute atomic E-state index is 12.6. The van der Waals surface area contributed by atoms with Gasteiger partial charge in [-0.05, 0) is 19.4 Å². The number of hydrogen-bond acceptors (Lipinski definition) is 4. The van der Waals surface area contributed by atoms with E-state index < -0.39 is 6.10 Å². The van der Waals surface area contributed by atoms with E-state index in [-0.39, 0.29) is 11.9 Å². The molecule has 3 rings (SSSR count). The summed E-state index contributed by atoms with van der Waals surface area (Å²) >= 11 is 0. The minimum absolute atomic E-state index is 0.0616. The van der Waals surface area contributed by atoms with Gasteiger partial charge in [0, 0.05) is 38.4 Å². The van der Waals surface area contributed by atoms with Crippen LogP contribution in [0.15, 0.2) is 36.5 Å². The number of aryl methyl sites for hydroxylation is 2. The number of aromatic nitrogens is 2. The molecule has 1 aromatic carbocycles. The van der Waals surface area contributed by atoms with E-state index in [1.54, 1.807) is 4.68 Å². The maximum Gasteiger partial charge on any atom is 0.250 e. The zero-order chi connectivity index (χ0) is 17.8. The Balaban J connectivity index is 1.57. The van der Waals surface area contributed by atoms with Gasteiger partial charge >= 0.3 is 0 Å². The monoisotopic (exact) mass is 342 g/mol. The summed E-state index contributed by atoms with van der Waals surface area (Å²) in [6.07, 6.45) is 1.51. The molecule has 1 amide bonds. The molecule has 1 aliphatic rings. The first-order valence-electron chi connectivity index (χ1n) is 8.71. The maximum atomic E-state index is 12.6. The molecule has 0 saturated carbocycles. The smallest absolute Gasteiger partial charge is 0.250 e. The van der Waals surface area contributed by atoms with Crippen molar-refractivity contribution in [2.24, 2.45) is 7.05 Å². The van der Waals surface area contributed by atoms with Crippen molar-refractivity contribution in [3.05, 3.63) is 53.3 Å². The van der Waals surface area contributed by atoms with Crippen molar-refractivity contribution in [2.45, 2.75) is 32.5 Å². The zero-order valence-corrected chi connectivity index (χ0v) is 15.1. The fourth-order valence-electron chi connectivity index (χ4n) is 3.27. The van der Waals surface area contributed by atoms with Gasteiger partial charge in [-0.15, -0.1) is 0 Å². The Morgan fingerprint density at radius 1 is 1.40 bits per heavy atom. The molecular weight excluding hydrogens is 316 g/mol. The molecule has 0 radical (unpaired) electrons. The second-order valence-electron chi connectivity index (χ2n) is 6.65. The van der Waals surface area contributed by atoms with E-state index in [1.165, 1.54) is 5.56 Å². The summed E-state index contributed by atoms with van der Waals surface area (Å²) in [5, 5.41) is 7.40. The van der Waals surface area contributed by atoms with E-state index in [0.717, 1.165) is 24.3 Å². The van der Waals surface area contributed by atoms with Crippen LogP contribution >= 0.6 is 0 Å². The van der Waals surface area contributed by atoms with Gasteiger partial charge in [-0.2, -0.15) is 5.10 Å². The van der Waals surface area contributed by atoms with Crippen molar-refractivity contribution in [3.8, 4) is 0 Å². The molecule has 1 saturated heterocycles. The number of rotatable bonds is 5. The number of carbonyl (C=O) groups excluding carboxylic acids is 1. The number of ether oxygens (including phenoxy) is 1. The molecule has 6 nitrogen and oxygen atoms in total. The van der Waals surface area contributed by atoms with Crippen LogP contribution in [0.25, 0.3) is 0 Å². The second kappa shape index (κ2) is 7.80. The summed E-state index contributed by atoms with van der Waals surface area (Å²) < 4.78 is 7.48. The highest BCUT2D eigenvalue weighted by Crippen LogP contribution is 2.17. The van der Waals surface area contributed by atoms with Crippen molar-refractivity contribution in [3.63, 3.8) is 0 Å². The predicted molar refractivity (Wildman–Crippen MR) is 96.0 cm³/mol. The summed E-state index contributed by atoms with van der Waals surface area (Å²) in [4.78, 5) is 14.9. The first-order chi connectivity index (χ1) is 12.0. The molecule has 134 valence electrons. The average molecular weight is 342 g/mol. The van der Waals surface area contributed by atoms with Crippen LogP contribution in [-0.2, 0) is 23.1 Å². The molecule has 0 aliphatic carbocycles. The quantitative estimate of drug-likeness (QED) is 0.900. The molecule has 0 unspecified atom stereocenters. The van der Waals surface area contributed by atoms with E-state index in [0.29, 0.717) is 13.2 Å². The minimum Gasteiger partial charge on any atom is -0.366 e. The molecule has 1 aliphatic heterocycles. The van der Waals surface area contributed by atoms with Gasteiger partial charge in [0.05, 0.1) is 18.3 Å². The number of amides is 1. The number of hydrogen-bond donors (Lipinski definition) is 1. The van der Waals surface area contributed by atoms with Gasteiger partial charge in [0.1, 0.15) is 6.10 Å². The van der Waals surface area contributed by atoms with Gasteiger partial charge in [-0.3, -0.25) is 14.4 Å². The Hall–Kier alpha value is -2.18. The average Bonchev–Trinajstić information content (AvgIpc) is 2.94. The number of carbonyl (C=O) groups is 1. The van der Waals surface area contributed by atoms with Crippen LogP contribution in [0.1, 0.15) is 29.8 Å². The summed E-state index contributed by atoms with van der Waals surface area (Å²) in [5.41, 5.74) is 3.22. The SMILES string of the molecule is Cc1nn(C)cc1[C@H](C)NC(=O)[C@H]1CN(Cc2ccccc2)CCO1. The lowest BCUT2D eigenvalue weighted by atomic mass is 10.1. The van der Waals surface area contributed by atoms with E-state index in [4.69, 9.17) is 4.74 Å². The van der Waals surface area contributed by atoms with Crippen LogP contribution < -0.4 is 5.32 Å². The third-order valence-electron chi connectivity index (χ3n) is 4.57. The summed E-state index contributed by atoms with van der Waals surface area (Å²) in [5.74, 6) is -0.0616. The summed E-state index contributed by atoms with van der Waals surface area (Å²) in [6.45, 7) is 6.80. The molecular formula is C19H26N4O2. The minimum atomic E-state index is -0.433. The molecule has 2 atom stereocenters. The lowest BCUT2D eigenvalue weighted by Crippen LogP contribution is -2.49. The number of nitrogens with one attached hydrogen (secondary N) is 1. The molecule has 1 fully saturated rings. The van der Waals surface area contributed by atoms with Gasteiger partial charge in [-0.1, -0.05) is 30.3 Å². The highest BCUT2D eigenvalue weighted by Gasteiger charge is 2.28. The highest BCUT2D eigenvalue weighted by atomic mass is 16.5. The van der Waals surface area contributed by atoms with Crippen molar-refractivity contribution in [1.29, 1.82) is 0 Å². The normalized spacial score (nSPS) is 19.6. The van der Waals surface area contributed by atoms with E-state index >= 15 is 0 Å². The number of nitrogens with zero attached hydrogens (tertiary/aromatic N) is 3. The fourth-order valence-corrected chi connectivity index (χ4v) is 3.27. The molecule has 0 spiro atoms. The molecule has 2 aromatic rings. The summed E-state index contributed by atoms with van der Waals surface area (Å²) in [6, 6.07) is 10.2. The Bertz CT molecular complexity index is 713. The standard InChI is InChI=1S/C19H26N4O2/c1-14(17-12-22(3)21-15(17)2)20-19(24)18-13-23(9-10-25-18)11-16-7-5-4-6-8-16/h4-8,12,14,18H,9-11,13H2,1-3H3,(H,20,24)/t14-,18+/m0/s1. The Morgan fingerprint density at radius 2 is 2.16 bits per heavy atom. The topological polar surface area (TPSA) is 59.4 Å². The van der Waals surface area contributed by atoms with Crippen molar-refractivity contribution in [2.75, 3.05) is 19.7 Å².